The molecule has 3 rings (SSSR count). The van der Waals surface area contributed by atoms with Gasteiger partial charge in [0.25, 0.3) is 0 Å². The number of halogens is 1. The molecule has 0 spiro atoms. The van der Waals surface area contributed by atoms with Gasteiger partial charge >= 0.3 is 0 Å². The molecule has 0 saturated carbocycles. The first-order chi connectivity index (χ1) is 12.5. The predicted octanol–water partition coefficient (Wildman–Crippen LogP) is 3.09. The molecule has 1 amide bonds. The number of hydrogen-bond acceptors (Lipinski definition) is 8. The quantitative estimate of drug-likeness (QED) is 0.551. The van der Waals surface area contributed by atoms with E-state index >= 15 is 0 Å². The Morgan fingerprint density at radius 3 is 2.88 bits per heavy atom. The maximum absolute atomic E-state index is 12.1. The van der Waals surface area contributed by atoms with Crippen molar-refractivity contribution < 1.29 is 9.90 Å². The molecule has 2 aromatic heterocycles. The highest BCUT2D eigenvalue weighted by Crippen LogP contribution is 2.32. The van der Waals surface area contributed by atoms with Gasteiger partial charge in [-0.05, 0) is 24.6 Å². The smallest absolute Gasteiger partial charge is 0.236 e. The van der Waals surface area contributed by atoms with Crippen LogP contribution in [0.25, 0.3) is 11.4 Å². The molecule has 0 aliphatic carbocycles. The van der Waals surface area contributed by atoms with Crippen molar-refractivity contribution in [3.05, 3.63) is 27.7 Å². The van der Waals surface area contributed by atoms with Gasteiger partial charge in [0.2, 0.25) is 11.0 Å². The van der Waals surface area contributed by atoms with Crippen LogP contribution in [0.15, 0.2) is 27.8 Å². The van der Waals surface area contributed by atoms with E-state index in [9.17, 15) is 9.90 Å². The normalized spacial score (nSPS) is 10.9. The fourth-order valence-electron chi connectivity index (χ4n) is 2.09. The number of rotatable bonds is 6. The van der Waals surface area contributed by atoms with Crippen LogP contribution in [0.4, 0.5) is 5.13 Å². The third-order valence-electron chi connectivity index (χ3n) is 3.38. The van der Waals surface area contributed by atoms with Crippen molar-refractivity contribution in [1.29, 1.82) is 0 Å². The van der Waals surface area contributed by atoms with E-state index in [1.54, 1.807) is 29.8 Å². The first-order valence-corrected chi connectivity index (χ1v) is 10.2. The van der Waals surface area contributed by atoms with Crippen molar-refractivity contribution in [1.82, 2.24) is 25.0 Å². The summed E-state index contributed by atoms with van der Waals surface area (Å²) in [7, 11) is 1.79. The molecule has 0 aliphatic rings. The van der Waals surface area contributed by atoms with Crippen LogP contribution in [-0.2, 0) is 18.3 Å². The lowest BCUT2D eigenvalue weighted by Gasteiger charge is -2.06. The van der Waals surface area contributed by atoms with Gasteiger partial charge < -0.3 is 9.67 Å². The molecule has 0 radical (unpaired) electrons. The number of anilines is 1. The first kappa shape index (κ1) is 18.8. The highest BCUT2D eigenvalue weighted by molar-refractivity contribution is 9.10. The SMILES string of the molecule is CCc1nnc(NC(=O)CSc2nnc(-c3cc(Br)ccc3O)n2C)s1. The Morgan fingerprint density at radius 2 is 2.15 bits per heavy atom. The van der Waals surface area contributed by atoms with E-state index in [0.717, 1.165) is 15.9 Å². The Labute approximate surface area is 166 Å². The van der Waals surface area contributed by atoms with Crippen LogP contribution in [0.2, 0.25) is 0 Å². The molecule has 0 bridgehead atoms. The number of aromatic hydroxyl groups is 1. The minimum atomic E-state index is -0.191. The molecule has 0 saturated heterocycles. The van der Waals surface area contributed by atoms with E-state index in [2.05, 4.69) is 41.6 Å². The molecule has 0 atom stereocenters. The van der Waals surface area contributed by atoms with Crippen LogP contribution in [0.1, 0.15) is 11.9 Å². The summed E-state index contributed by atoms with van der Waals surface area (Å²) in [6, 6.07) is 5.09. The molecule has 0 fully saturated rings. The van der Waals surface area contributed by atoms with Crippen molar-refractivity contribution in [3.8, 4) is 17.1 Å². The second-order valence-corrected chi connectivity index (χ2v) is 8.14. The standard InChI is InChI=1S/C15H15BrN6O2S2/c1-3-12-18-20-14(26-12)17-11(24)7-25-15-21-19-13(22(15)2)9-6-8(16)4-5-10(9)23/h4-6,23H,3,7H2,1-2H3,(H,17,20,24). The third kappa shape index (κ3) is 4.22. The number of benzene rings is 1. The van der Waals surface area contributed by atoms with Crippen LogP contribution >= 0.6 is 39.0 Å². The molecule has 3 aromatic rings. The van der Waals surface area contributed by atoms with Crippen LogP contribution in [0.3, 0.4) is 0 Å². The van der Waals surface area contributed by atoms with Crippen LogP contribution in [-0.4, -0.2) is 41.7 Å². The molecule has 1 aromatic carbocycles. The third-order valence-corrected chi connectivity index (χ3v) is 5.88. The number of aromatic nitrogens is 5. The number of nitrogens with one attached hydrogen (secondary N) is 1. The van der Waals surface area contributed by atoms with E-state index in [1.807, 2.05) is 6.92 Å². The monoisotopic (exact) mass is 454 g/mol. The van der Waals surface area contributed by atoms with E-state index in [4.69, 9.17) is 0 Å². The predicted molar refractivity (Wildman–Crippen MR) is 104 cm³/mol. The van der Waals surface area contributed by atoms with E-state index in [-0.39, 0.29) is 17.4 Å². The lowest BCUT2D eigenvalue weighted by molar-refractivity contribution is -0.113. The maximum atomic E-state index is 12.1. The second-order valence-electron chi connectivity index (χ2n) is 5.22. The van der Waals surface area contributed by atoms with Gasteiger partial charge in [0.1, 0.15) is 10.8 Å². The molecular weight excluding hydrogens is 440 g/mol. The fraction of sp³-hybridized carbons (Fsp3) is 0.267. The average molecular weight is 455 g/mol. The van der Waals surface area contributed by atoms with Gasteiger partial charge in [-0.25, -0.2) is 0 Å². The summed E-state index contributed by atoms with van der Waals surface area (Å²) < 4.78 is 2.56. The number of hydrogen-bond donors (Lipinski definition) is 2. The van der Waals surface area contributed by atoms with Gasteiger partial charge in [0.15, 0.2) is 11.0 Å². The second kappa shape index (κ2) is 8.14. The summed E-state index contributed by atoms with van der Waals surface area (Å²) in [6.07, 6.45) is 0.784. The topological polar surface area (TPSA) is 106 Å². The fourth-order valence-corrected chi connectivity index (χ4v) is 3.86. The summed E-state index contributed by atoms with van der Waals surface area (Å²) in [6.45, 7) is 1.98. The Morgan fingerprint density at radius 1 is 1.35 bits per heavy atom. The van der Waals surface area contributed by atoms with Crippen molar-refractivity contribution >= 4 is 50.1 Å². The van der Waals surface area contributed by atoms with E-state index in [0.29, 0.717) is 21.7 Å². The van der Waals surface area contributed by atoms with Crippen molar-refractivity contribution in [2.45, 2.75) is 18.5 Å². The lowest BCUT2D eigenvalue weighted by atomic mass is 10.2. The molecule has 136 valence electrons. The Balaban J connectivity index is 1.66. The Hall–Kier alpha value is -1.98. The van der Waals surface area contributed by atoms with Gasteiger partial charge in [0, 0.05) is 11.5 Å². The molecule has 0 aliphatic heterocycles. The van der Waals surface area contributed by atoms with Gasteiger partial charge in [-0.3, -0.25) is 10.1 Å². The van der Waals surface area contributed by atoms with Crippen LogP contribution < -0.4 is 5.32 Å². The summed E-state index contributed by atoms with van der Waals surface area (Å²) in [5.74, 6) is 0.602. The molecule has 11 heteroatoms. The maximum Gasteiger partial charge on any atom is 0.236 e. The summed E-state index contributed by atoms with van der Waals surface area (Å²) >= 11 is 5.99. The summed E-state index contributed by atoms with van der Waals surface area (Å²) in [5.41, 5.74) is 0.562. The highest BCUT2D eigenvalue weighted by atomic mass is 79.9. The number of carbonyl (C=O) groups is 1. The number of aryl methyl sites for hydroxylation is 1. The van der Waals surface area contributed by atoms with Gasteiger partial charge in [-0.15, -0.1) is 20.4 Å². The number of nitrogens with zero attached hydrogens (tertiary/aromatic N) is 5. The van der Waals surface area contributed by atoms with E-state index in [1.165, 1.54) is 23.1 Å². The zero-order valence-corrected chi connectivity index (χ0v) is 17.2. The Bertz CT molecular complexity index is 942. The lowest BCUT2D eigenvalue weighted by Crippen LogP contribution is -2.14. The van der Waals surface area contributed by atoms with Crippen molar-refractivity contribution in [2.24, 2.45) is 7.05 Å². The zero-order valence-electron chi connectivity index (χ0n) is 13.9. The molecule has 2 heterocycles. The number of thioether (sulfide) groups is 1. The minimum Gasteiger partial charge on any atom is -0.507 e. The number of amides is 1. The molecule has 26 heavy (non-hydrogen) atoms. The summed E-state index contributed by atoms with van der Waals surface area (Å²) in [5, 5.41) is 30.8. The zero-order chi connectivity index (χ0) is 18.7. The molecule has 2 N–H and O–H groups in total. The molecule has 8 nitrogen and oxygen atoms in total. The van der Waals surface area contributed by atoms with Gasteiger partial charge in [-0.1, -0.05) is 46.0 Å². The van der Waals surface area contributed by atoms with Gasteiger partial charge in [-0.2, -0.15) is 0 Å². The van der Waals surface area contributed by atoms with Crippen molar-refractivity contribution in [3.63, 3.8) is 0 Å². The molecule has 0 unspecified atom stereocenters. The Kier molecular flexibility index (Phi) is 5.89. The summed E-state index contributed by atoms with van der Waals surface area (Å²) in [4.78, 5) is 12.1. The number of phenolic OH excluding ortho intramolecular Hbond substituents is 1. The number of carbonyl (C=O) groups excluding carboxylic acids is 1. The number of phenols is 1. The van der Waals surface area contributed by atoms with Gasteiger partial charge in [0.05, 0.1) is 11.3 Å². The first-order valence-electron chi connectivity index (χ1n) is 7.61. The largest absolute Gasteiger partial charge is 0.507 e. The minimum absolute atomic E-state index is 0.112. The van der Waals surface area contributed by atoms with Crippen LogP contribution in [0, 0.1) is 0 Å². The highest BCUT2D eigenvalue weighted by Gasteiger charge is 2.16. The average Bonchev–Trinajstić information content (AvgIpc) is 3.22. The van der Waals surface area contributed by atoms with Crippen molar-refractivity contribution in [2.75, 3.05) is 11.1 Å². The molecular formula is C15H15BrN6O2S2. The van der Waals surface area contributed by atoms with Crippen LogP contribution in [0.5, 0.6) is 5.75 Å². The van der Waals surface area contributed by atoms with E-state index < -0.39 is 0 Å².